The van der Waals surface area contributed by atoms with Gasteiger partial charge in [-0.05, 0) is 20.8 Å². The van der Waals surface area contributed by atoms with E-state index < -0.39 is 0 Å². The third kappa shape index (κ3) is 3.05. The molecule has 1 unspecified atom stereocenters. The largest absolute Gasteiger partial charge is 0.355 e. The summed E-state index contributed by atoms with van der Waals surface area (Å²) >= 11 is 6.81. The van der Waals surface area contributed by atoms with Crippen molar-refractivity contribution in [1.29, 1.82) is 0 Å². The highest BCUT2D eigenvalue weighted by Crippen LogP contribution is 2.18. The van der Waals surface area contributed by atoms with Crippen LogP contribution in [0, 0.1) is 0 Å². The van der Waals surface area contributed by atoms with Crippen molar-refractivity contribution in [2.75, 3.05) is 18.4 Å². The number of aromatic nitrogens is 2. The van der Waals surface area contributed by atoms with Crippen LogP contribution in [0.15, 0.2) is 0 Å². The van der Waals surface area contributed by atoms with Gasteiger partial charge in [0.2, 0.25) is 5.91 Å². The molecule has 0 saturated carbocycles. The fourth-order valence-electron chi connectivity index (χ4n) is 1.34. The summed E-state index contributed by atoms with van der Waals surface area (Å²) < 4.78 is 7.79. The summed E-state index contributed by atoms with van der Waals surface area (Å²) in [4.78, 5) is 13.7. The van der Waals surface area contributed by atoms with Gasteiger partial charge in [0.15, 0.2) is 11.0 Å². The first-order valence-electron chi connectivity index (χ1n) is 5.13. The van der Waals surface area contributed by atoms with E-state index in [9.17, 15) is 4.79 Å². The Morgan fingerprint density at radius 3 is 2.56 bits per heavy atom. The minimum absolute atomic E-state index is 0.0362. The standard InChI is InChI=1S/C9H15ClN4OS/c1-4-14(5-2)9(15)6(3)11-8-7(10)12-16-13-8/h6H,4-5H2,1-3H3,(H,11,13). The maximum absolute atomic E-state index is 11.9. The van der Waals surface area contributed by atoms with Crippen molar-refractivity contribution in [3.63, 3.8) is 0 Å². The van der Waals surface area contributed by atoms with E-state index in [-0.39, 0.29) is 11.9 Å². The first-order chi connectivity index (χ1) is 7.60. The van der Waals surface area contributed by atoms with Gasteiger partial charge in [-0.1, -0.05) is 11.6 Å². The van der Waals surface area contributed by atoms with Gasteiger partial charge < -0.3 is 10.2 Å². The molecule has 7 heteroatoms. The van der Waals surface area contributed by atoms with Crippen LogP contribution in [0.2, 0.25) is 5.15 Å². The van der Waals surface area contributed by atoms with Crippen LogP contribution < -0.4 is 5.32 Å². The fourth-order valence-corrected chi connectivity index (χ4v) is 2.00. The van der Waals surface area contributed by atoms with Crippen LogP contribution in [0.4, 0.5) is 5.82 Å². The number of nitrogens with one attached hydrogen (secondary N) is 1. The van der Waals surface area contributed by atoms with E-state index in [1.807, 2.05) is 13.8 Å². The summed E-state index contributed by atoms with van der Waals surface area (Å²) in [5.41, 5.74) is 0. The van der Waals surface area contributed by atoms with Gasteiger partial charge in [0, 0.05) is 13.1 Å². The highest BCUT2D eigenvalue weighted by Gasteiger charge is 2.19. The van der Waals surface area contributed by atoms with E-state index in [4.69, 9.17) is 11.6 Å². The van der Waals surface area contributed by atoms with E-state index >= 15 is 0 Å². The van der Waals surface area contributed by atoms with Gasteiger partial charge in [-0.15, -0.1) is 0 Å². The number of hydrogen-bond acceptors (Lipinski definition) is 5. The molecule has 0 fully saturated rings. The van der Waals surface area contributed by atoms with Crippen molar-refractivity contribution in [2.24, 2.45) is 0 Å². The number of halogens is 1. The van der Waals surface area contributed by atoms with Crippen molar-refractivity contribution in [3.8, 4) is 0 Å². The number of amides is 1. The highest BCUT2D eigenvalue weighted by atomic mass is 35.5. The molecule has 1 aromatic rings. The molecule has 0 spiro atoms. The maximum Gasteiger partial charge on any atom is 0.244 e. The lowest BCUT2D eigenvalue weighted by molar-refractivity contribution is -0.131. The maximum atomic E-state index is 11.9. The predicted octanol–water partition coefficient (Wildman–Crippen LogP) is 1.86. The highest BCUT2D eigenvalue weighted by molar-refractivity contribution is 6.99. The topological polar surface area (TPSA) is 58.1 Å². The Hall–Kier alpha value is -0.880. The summed E-state index contributed by atoms with van der Waals surface area (Å²) in [6.45, 7) is 7.09. The lowest BCUT2D eigenvalue weighted by atomic mass is 10.3. The van der Waals surface area contributed by atoms with Gasteiger partial charge in [-0.25, -0.2) is 0 Å². The lowest BCUT2D eigenvalue weighted by Crippen LogP contribution is -2.41. The fraction of sp³-hybridized carbons (Fsp3) is 0.667. The first-order valence-corrected chi connectivity index (χ1v) is 6.24. The smallest absolute Gasteiger partial charge is 0.244 e. The molecule has 1 atom stereocenters. The molecule has 0 saturated heterocycles. The Balaban J connectivity index is 2.62. The average molecular weight is 263 g/mol. The summed E-state index contributed by atoms with van der Waals surface area (Å²) in [6, 6.07) is -0.346. The molecule has 90 valence electrons. The molecule has 1 amide bonds. The molecule has 1 aromatic heterocycles. The van der Waals surface area contributed by atoms with Gasteiger partial charge >= 0.3 is 0 Å². The molecule has 1 rings (SSSR count). The van der Waals surface area contributed by atoms with Crippen molar-refractivity contribution < 1.29 is 4.79 Å². The lowest BCUT2D eigenvalue weighted by Gasteiger charge is -2.23. The Morgan fingerprint density at radius 2 is 2.12 bits per heavy atom. The molecule has 1 N–H and O–H groups in total. The van der Waals surface area contributed by atoms with Gasteiger partial charge in [-0.3, -0.25) is 4.79 Å². The van der Waals surface area contributed by atoms with E-state index in [1.165, 1.54) is 0 Å². The molecule has 0 bridgehead atoms. The molecule has 0 radical (unpaired) electrons. The summed E-state index contributed by atoms with van der Waals surface area (Å²) in [5, 5.41) is 3.26. The van der Waals surface area contributed by atoms with Gasteiger partial charge in [-0.2, -0.15) is 8.75 Å². The van der Waals surface area contributed by atoms with Crippen molar-refractivity contribution in [1.82, 2.24) is 13.6 Å². The van der Waals surface area contributed by atoms with Crippen LogP contribution in [-0.2, 0) is 4.79 Å². The summed E-state index contributed by atoms with van der Waals surface area (Å²) in [6.07, 6.45) is 0. The van der Waals surface area contributed by atoms with E-state index in [0.717, 1.165) is 11.7 Å². The zero-order chi connectivity index (χ0) is 12.1. The van der Waals surface area contributed by atoms with Gasteiger partial charge in [0.05, 0.1) is 11.7 Å². The molecule has 0 aliphatic rings. The molecule has 1 heterocycles. The molecule has 16 heavy (non-hydrogen) atoms. The zero-order valence-electron chi connectivity index (χ0n) is 9.53. The van der Waals surface area contributed by atoms with Gasteiger partial charge in [0.1, 0.15) is 6.04 Å². The number of likely N-dealkylation sites (N-methyl/N-ethyl adjacent to an activating group) is 1. The van der Waals surface area contributed by atoms with E-state index in [1.54, 1.807) is 11.8 Å². The third-order valence-corrected chi connectivity index (χ3v) is 3.14. The van der Waals surface area contributed by atoms with E-state index in [2.05, 4.69) is 14.1 Å². The van der Waals surface area contributed by atoms with Gasteiger partial charge in [0.25, 0.3) is 0 Å². The molecule has 0 aromatic carbocycles. The molecular weight excluding hydrogens is 248 g/mol. The Kier molecular flexibility index (Phi) is 4.95. The van der Waals surface area contributed by atoms with Crippen LogP contribution in [0.5, 0.6) is 0 Å². The SMILES string of the molecule is CCN(CC)C(=O)C(C)Nc1nsnc1Cl. The number of nitrogens with zero attached hydrogens (tertiary/aromatic N) is 3. The monoisotopic (exact) mass is 262 g/mol. The third-order valence-electron chi connectivity index (χ3n) is 2.25. The Bertz CT molecular complexity index is 353. The zero-order valence-corrected chi connectivity index (χ0v) is 11.1. The number of rotatable bonds is 5. The molecule has 5 nitrogen and oxygen atoms in total. The minimum Gasteiger partial charge on any atom is -0.355 e. The number of carbonyl (C=O) groups excluding carboxylic acids is 1. The minimum atomic E-state index is -0.346. The van der Waals surface area contributed by atoms with Crippen LogP contribution in [0.1, 0.15) is 20.8 Å². The van der Waals surface area contributed by atoms with Crippen LogP contribution in [0.25, 0.3) is 0 Å². The normalized spacial score (nSPS) is 12.2. The second-order valence-electron chi connectivity index (χ2n) is 3.28. The van der Waals surface area contributed by atoms with Crippen LogP contribution >= 0.6 is 23.3 Å². The average Bonchev–Trinajstić information content (AvgIpc) is 2.66. The van der Waals surface area contributed by atoms with Crippen LogP contribution in [0.3, 0.4) is 0 Å². The molecule has 0 aliphatic carbocycles. The first kappa shape index (κ1) is 13.2. The second-order valence-corrected chi connectivity index (χ2v) is 4.17. The predicted molar refractivity (Wildman–Crippen MR) is 65.9 cm³/mol. The number of hydrogen-bond donors (Lipinski definition) is 1. The molecular formula is C9H15ClN4OS. The van der Waals surface area contributed by atoms with E-state index in [0.29, 0.717) is 24.1 Å². The van der Waals surface area contributed by atoms with Crippen molar-refractivity contribution in [3.05, 3.63) is 5.15 Å². The van der Waals surface area contributed by atoms with Crippen LogP contribution in [-0.4, -0.2) is 38.7 Å². The second kappa shape index (κ2) is 6.00. The number of anilines is 1. The summed E-state index contributed by atoms with van der Waals surface area (Å²) in [7, 11) is 0. The Morgan fingerprint density at radius 1 is 1.50 bits per heavy atom. The summed E-state index contributed by atoms with van der Waals surface area (Å²) in [5.74, 6) is 0.508. The van der Waals surface area contributed by atoms with Crippen molar-refractivity contribution in [2.45, 2.75) is 26.8 Å². The quantitative estimate of drug-likeness (QED) is 0.880. The molecule has 0 aliphatic heterocycles. The van der Waals surface area contributed by atoms with Crippen molar-refractivity contribution >= 4 is 35.1 Å². The Labute approximate surface area is 104 Å². The number of carbonyl (C=O) groups is 1.